The van der Waals surface area contributed by atoms with E-state index < -0.39 is 25.5 Å². The highest BCUT2D eigenvalue weighted by molar-refractivity contribution is 7.54. The Kier molecular flexibility index (Phi) is 8.66. The fourth-order valence-electron chi connectivity index (χ4n) is 4.23. The van der Waals surface area contributed by atoms with E-state index in [0.717, 1.165) is 16.4 Å². The van der Waals surface area contributed by atoms with Gasteiger partial charge in [-0.05, 0) is 38.5 Å². The van der Waals surface area contributed by atoms with Crippen LogP contribution >= 0.6 is 7.60 Å². The topological polar surface area (TPSA) is 145 Å². The van der Waals surface area contributed by atoms with Crippen molar-refractivity contribution >= 4 is 41.3 Å². The fraction of sp³-hybridized carbons (Fsp3) is 0.370. The number of carbonyl (C=O) groups excluding carboxylic acids is 1. The van der Waals surface area contributed by atoms with Crippen molar-refractivity contribution in [2.75, 3.05) is 18.5 Å². The van der Waals surface area contributed by atoms with Gasteiger partial charge in [0.2, 0.25) is 5.91 Å². The zero-order chi connectivity index (χ0) is 27.3. The number of anilines is 1. The van der Waals surface area contributed by atoms with Crippen LogP contribution in [0.2, 0.25) is 0 Å². The highest BCUT2D eigenvalue weighted by Crippen LogP contribution is 2.50. The van der Waals surface area contributed by atoms with Gasteiger partial charge in [-0.15, -0.1) is 0 Å². The summed E-state index contributed by atoms with van der Waals surface area (Å²) in [5.41, 5.74) is 13.8. The minimum atomic E-state index is -3.67. The number of hydrogen-bond acceptors (Lipinski definition) is 8. The normalized spacial score (nSPS) is 14.8. The van der Waals surface area contributed by atoms with E-state index in [4.69, 9.17) is 30.2 Å². The summed E-state index contributed by atoms with van der Waals surface area (Å²) in [4.78, 5) is 20.9. The van der Waals surface area contributed by atoms with E-state index in [0.29, 0.717) is 36.1 Å². The molecule has 38 heavy (non-hydrogen) atoms. The smallest absolute Gasteiger partial charge is 0.379 e. The van der Waals surface area contributed by atoms with Crippen LogP contribution in [0.5, 0.6) is 5.75 Å². The summed E-state index contributed by atoms with van der Waals surface area (Å²) in [6.45, 7) is 6.51. The number of carbonyl (C=O) groups is 1. The number of primary amides is 1. The number of rotatable bonds is 13. The fourth-order valence-corrected chi connectivity index (χ4v) is 6.23. The van der Waals surface area contributed by atoms with Gasteiger partial charge in [0, 0.05) is 17.9 Å². The first-order chi connectivity index (χ1) is 18.2. The van der Waals surface area contributed by atoms with Crippen molar-refractivity contribution in [1.29, 1.82) is 0 Å². The molecular weight excluding hydrogens is 505 g/mol. The summed E-state index contributed by atoms with van der Waals surface area (Å²) in [6.07, 6.45) is -0.255. The molecule has 11 heteroatoms. The average molecular weight is 540 g/mol. The molecule has 0 radical (unpaired) electrons. The number of nitrogens with zero attached hydrogens (tertiary/aromatic N) is 3. The highest BCUT2D eigenvalue weighted by atomic mass is 31.2. The number of pyridine rings is 1. The van der Waals surface area contributed by atoms with Crippen molar-refractivity contribution in [3.63, 3.8) is 0 Å². The van der Waals surface area contributed by atoms with Gasteiger partial charge in [0.15, 0.2) is 5.82 Å². The van der Waals surface area contributed by atoms with Gasteiger partial charge in [0.25, 0.3) is 0 Å². The van der Waals surface area contributed by atoms with Crippen LogP contribution in [0.3, 0.4) is 0 Å². The molecule has 4 N–H and O–H groups in total. The molecule has 0 bridgehead atoms. The molecule has 0 fully saturated rings. The first-order valence-electron chi connectivity index (χ1n) is 12.6. The lowest BCUT2D eigenvalue weighted by atomic mass is 10.1. The number of benzene rings is 2. The second-order valence-electron chi connectivity index (χ2n) is 9.23. The van der Waals surface area contributed by atoms with E-state index in [1.165, 1.54) is 0 Å². The van der Waals surface area contributed by atoms with Gasteiger partial charge in [-0.25, -0.2) is 14.5 Å². The average Bonchev–Trinajstić information content (AvgIpc) is 3.25. The zero-order valence-corrected chi connectivity index (χ0v) is 22.8. The van der Waals surface area contributed by atoms with E-state index in [1.54, 1.807) is 31.2 Å². The summed E-state index contributed by atoms with van der Waals surface area (Å²) >= 11 is 0. The lowest BCUT2D eigenvalue weighted by Gasteiger charge is -2.25. The maximum absolute atomic E-state index is 14.0. The maximum atomic E-state index is 14.0. The lowest BCUT2D eigenvalue weighted by Crippen LogP contribution is -2.23. The van der Waals surface area contributed by atoms with Crippen LogP contribution in [0.25, 0.3) is 21.9 Å². The standard InChI is InChI=1S/C27H34N5O5P/c1-4-35-17-23-31-24-25(21-12-8-9-13-22(21)30-26(24)28)32(23)16-19(3)36-38(34,15-14-18(2)27(29)33)37-20-10-6-5-7-11-20/h5-13,18-19H,4,14-17H2,1-3H3,(H2,28,30)(H2,29,33)/t18-,19-,38?/m1/s1. The Bertz CT molecular complexity index is 1460. The quantitative estimate of drug-likeness (QED) is 0.229. The highest BCUT2D eigenvalue weighted by Gasteiger charge is 2.31. The number of nitrogen functional groups attached to an aromatic ring is 1. The first kappa shape index (κ1) is 27.6. The predicted octanol–water partition coefficient (Wildman–Crippen LogP) is 4.89. The monoisotopic (exact) mass is 539 g/mol. The Labute approximate surface area is 221 Å². The van der Waals surface area contributed by atoms with Gasteiger partial charge in [0.1, 0.15) is 23.7 Å². The van der Waals surface area contributed by atoms with Gasteiger partial charge in [0.05, 0.1) is 29.8 Å². The molecule has 1 unspecified atom stereocenters. The van der Waals surface area contributed by atoms with Crippen molar-refractivity contribution < 1.29 is 23.1 Å². The molecular formula is C27H34N5O5P. The third kappa shape index (κ3) is 6.32. The van der Waals surface area contributed by atoms with Crippen LogP contribution in [0.1, 0.15) is 33.0 Å². The van der Waals surface area contributed by atoms with E-state index >= 15 is 0 Å². The molecule has 10 nitrogen and oxygen atoms in total. The number of fused-ring (bicyclic) bond motifs is 3. The third-order valence-corrected chi connectivity index (χ3v) is 8.19. The Balaban J connectivity index is 1.68. The van der Waals surface area contributed by atoms with Gasteiger partial charge < -0.3 is 25.3 Å². The predicted molar refractivity (Wildman–Crippen MR) is 148 cm³/mol. The van der Waals surface area contributed by atoms with Crippen LogP contribution in [0.4, 0.5) is 5.82 Å². The number of nitrogens with two attached hydrogens (primary N) is 2. The molecule has 1 amide bonds. The second kappa shape index (κ2) is 11.9. The molecule has 0 spiro atoms. The number of ether oxygens (including phenoxy) is 1. The molecule has 4 aromatic rings. The lowest BCUT2D eigenvalue weighted by molar-refractivity contribution is -0.121. The molecule has 2 heterocycles. The van der Waals surface area contributed by atoms with E-state index in [2.05, 4.69) is 4.98 Å². The van der Waals surface area contributed by atoms with Crippen LogP contribution in [0.15, 0.2) is 54.6 Å². The first-order valence-corrected chi connectivity index (χ1v) is 14.4. The second-order valence-corrected chi connectivity index (χ2v) is 11.3. The molecule has 2 aromatic heterocycles. The van der Waals surface area contributed by atoms with Crippen molar-refractivity contribution in [2.24, 2.45) is 11.7 Å². The van der Waals surface area contributed by atoms with Crippen LogP contribution in [-0.4, -0.2) is 39.3 Å². The Morgan fingerprint density at radius 3 is 2.50 bits per heavy atom. The molecule has 0 saturated heterocycles. The molecule has 2 aromatic carbocycles. The Morgan fingerprint density at radius 1 is 1.08 bits per heavy atom. The summed E-state index contributed by atoms with van der Waals surface area (Å²) in [5, 5.41) is 0.887. The number of hydrogen-bond donors (Lipinski definition) is 2. The van der Waals surface area contributed by atoms with Gasteiger partial charge in [-0.3, -0.25) is 9.32 Å². The molecule has 0 aliphatic rings. The minimum Gasteiger partial charge on any atom is -0.424 e. The molecule has 0 aliphatic carbocycles. The third-order valence-electron chi connectivity index (χ3n) is 6.21. The molecule has 3 atom stereocenters. The number of para-hydroxylation sites is 2. The summed E-state index contributed by atoms with van der Waals surface area (Å²) in [7, 11) is -3.67. The van der Waals surface area contributed by atoms with Crippen molar-refractivity contribution in [2.45, 2.75) is 46.4 Å². The van der Waals surface area contributed by atoms with Gasteiger partial charge >= 0.3 is 7.60 Å². The number of amides is 1. The van der Waals surface area contributed by atoms with Crippen molar-refractivity contribution in [3.8, 4) is 5.75 Å². The SMILES string of the molecule is CCOCc1nc2c(N)nc3ccccc3c2n1C[C@@H](C)OP(=O)(CC[C@@H](C)C(N)=O)Oc1ccccc1. The molecule has 4 rings (SSSR count). The van der Waals surface area contributed by atoms with Crippen LogP contribution < -0.4 is 16.0 Å². The van der Waals surface area contributed by atoms with Crippen LogP contribution in [0, 0.1) is 5.92 Å². The van der Waals surface area contributed by atoms with E-state index in [1.807, 2.05) is 48.7 Å². The molecule has 202 valence electrons. The Hall–Kier alpha value is -3.46. The van der Waals surface area contributed by atoms with Crippen molar-refractivity contribution in [3.05, 3.63) is 60.4 Å². The number of imidazole rings is 1. The van der Waals surface area contributed by atoms with E-state index in [9.17, 15) is 9.36 Å². The summed E-state index contributed by atoms with van der Waals surface area (Å²) in [6, 6.07) is 16.5. The van der Waals surface area contributed by atoms with E-state index in [-0.39, 0.29) is 19.2 Å². The van der Waals surface area contributed by atoms with Crippen LogP contribution in [-0.2, 0) is 31.8 Å². The van der Waals surface area contributed by atoms with Crippen molar-refractivity contribution in [1.82, 2.24) is 14.5 Å². The number of aromatic nitrogens is 3. The minimum absolute atomic E-state index is 0.0343. The largest absolute Gasteiger partial charge is 0.424 e. The molecule has 0 saturated carbocycles. The summed E-state index contributed by atoms with van der Waals surface area (Å²) < 4.78 is 33.7. The maximum Gasteiger partial charge on any atom is 0.379 e. The zero-order valence-electron chi connectivity index (χ0n) is 21.9. The molecule has 0 aliphatic heterocycles. The van der Waals surface area contributed by atoms with Gasteiger partial charge in [-0.2, -0.15) is 0 Å². The summed E-state index contributed by atoms with van der Waals surface area (Å²) in [5.74, 6) is 0.460. The van der Waals surface area contributed by atoms with Gasteiger partial charge in [-0.1, -0.05) is 43.3 Å². The Morgan fingerprint density at radius 2 is 1.79 bits per heavy atom.